The Hall–Kier alpha value is -1.83. The Morgan fingerprint density at radius 1 is 1.29 bits per heavy atom. The molecule has 176 valence electrons. The molecule has 7 heteroatoms. The Morgan fingerprint density at radius 3 is 2.81 bits per heavy atom. The third-order valence-corrected chi connectivity index (χ3v) is 5.27. The third-order valence-electron chi connectivity index (χ3n) is 5.27. The van der Waals surface area contributed by atoms with Crippen LogP contribution in [0.5, 0.6) is 5.75 Å². The van der Waals surface area contributed by atoms with Crippen molar-refractivity contribution in [3.63, 3.8) is 0 Å². The highest BCUT2D eigenvalue weighted by atomic mass is 16.5. The molecule has 0 amide bonds. The van der Waals surface area contributed by atoms with Crippen LogP contribution in [0.15, 0.2) is 23.2 Å². The zero-order valence-corrected chi connectivity index (χ0v) is 20.1. The summed E-state index contributed by atoms with van der Waals surface area (Å²) in [6, 6.07) is 6.33. The Morgan fingerprint density at radius 2 is 2.13 bits per heavy atom. The van der Waals surface area contributed by atoms with Gasteiger partial charge in [0.25, 0.3) is 0 Å². The van der Waals surface area contributed by atoms with Crippen molar-refractivity contribution in [2.45, 2.75) is 46.3 Å². The number of guanidine groups is 1. The van der Waals surface area contributed by atoms with Gasteiger partial charge in [-0.25, -0.2) is 4.99 Å². The number of nitrogens with zero attached hydrogens (tertiary/aromatic N) is 2. The summed E-state index contributed by atoms with van der Waals surface area (Å²) in [7, 11) is 4.17. The maximum absolute atomic E-state index is 6.16. The van der Waals surface area contributed by atoms with Crippen LogP contribution >= 0.6 is 0 Å². The summed E-state index contributed by atoms with van der Waals surface area (Å²) in [5, 5.41) is 6.78. The van der Waals surface area contributed by atoms with Crippen LogP contribution in [0.3, 0.4) is 0 Å². The molecule has 0 aliphatic carbocycles. The van der Waals surface area contributed by atoms with E-state index in [9.17, 15) is 0 Å². The Labute approximate surface area is 188 Å². The summed E-state index contributed by atoms with van der Waals surface area (Å²) in [6.07, 6.45) is 2.21. The van der Waals surface area contributed by atoms with Crippen LogP contribution in [0.2, 0.25) is 0 Å². The number of hydrogen-bond acceptors (Lipinski definition) is 5. The number of ether oxygens (including phenoxy) is 3. The number of benzene rings is 1. The van der Waals surface area contributed by atoms with Crippen molar-refractivity contribution < 1.29 is 14.2 Å². The van der Waals surface area contributed by atoms with Crippen molar-refractivity contribution >= 4 is 5.96 Å². The van der Waals surface area contributed by atoms with Gasteiger partial charge in [-0.1, -0.05) is 12.1 Å². The minimum Gasteiger partial charge on any atom is -0.493 e. The average molecular weight is 435 g/mol. The Balaban J connectivity index is 1.98. The standard InChI is InChI=1S/C24H42N4O3/c1-6-25-24(27-16-22(30-7-2)10-12-28(4)5)26-15-21-9-8-19(3)14-23(21)31-18-20-11-13-29-17-20/h8-9,14,20,22H,6-7,10-13,15-18H2,1-5H3,(H2,25,26,27). The zero-order valence-electron chi connectivity index (χ0n) is 20.1. The van der Waals surface area contributed by atoms with Gasteiger partial charge in [-0.3, -0.25) is 0 Å². The lowest BCUT2D eigenvalue weighted by Crippen LogP contribution is -2.42. The molecule has 1 aromatic rings. The second kappa shape index (κ2) is 14.3. The van der Waals surface area contributed by atoms with Crippen molar-refractivity contribution in [2.75, 3.05) is 60.2 Å². The molecule has 0 bridgehead atoms. The lowest BCUT2D eigenvalue weighted by Gasteiger charge is -2.21. The lowest BCUT2D eigenvalue weighted by atomic mass is 10.1. The third kappa shape index (κ3) is 9.89. The summed E-state index contributed by atoms with van der Waals surface area (Å²) in [5.74, 6) is 2.20. The topological polar surface area (TPSA) is 67.4 Å². The van der Waals surface area contributed by atoms with Crippen molar-refractivity contribution in [3.8, 4) is 5.75 Å². The van der Waals surface area contributed by atoms with E-state index >= 15 is 0 Å². The molecule has 0 radical (unpaired) electrons. The molecule has 1 aliphatic rings. The molecule has 1 heterocycles. The lowest BCUT2D eigenvalue weighted by molar-refractivity contribution is 0.0548. The molecule has 1 saturated heterocycles. The van der Waals surface area contributed by atoms with Gasteiger partial charge >= 0.3 is 0 Å². The molecule has 2 N–H and O–H groups in total. The van der Waals surface area contributed by atoms with E-state index in [1.54, 1.807) is 0 Å². The van der Waals surface area contributed by atoms with Crippen LogP contribution in [0.4, 0.5) is 0 Å². The first-order valence-electron chi connectivity index (χ1n) is 11.6. The van der Waals surface area contributed by atoms with E-state index in [1.807, 2.05) is 6.92 Å². The molecule has 1 aliphatic heterocycles. The van der Waals surface area contributed by atoms with Crippen LogP contribution in [-0.2, 0) is 16.0 Å². The van der Waals surface area contributed by atoms with Crippen molar-refractivity contribution in [1.29, 1.82) is 0 Å². The number of rotatable bonds is 13. The van der Waals surface area contributed by atoms with Crippen molar-refractivity contribution in [1.82, 2.24) is 15.5 Å². The van der Waals surface area contributed by atoms with E-state index in [1.165, 1.54) is 5.56 Å². The van der Waals surface area contributed by atoms with Crippen LogP contribution in [0.25, 0.3) is 0 Å². The first-order chi connectivity index (χ1) is 15.0. The molecule has 31 heavy (non-hydrogen) atoms. The van der Waals surface area contributed by atoms with Gasteiger partial charge in [0.05, 0.1) is 25.9 Å². The molecule has 0 saturated carbocycles. The molecule has 1 fully saturated rings. The van der Waals surface area contributed by atoms with Gasteiger partial charge in [0.15, 0.2) is 5.96 Å². The van der Waals surface area contributed by atoms with E-state index in [-0.39, 0.29) is 6.10 Å². The molecular weight excluding hydrogens is 392 g/mol. The van der Waals surface area contributed by atoms with Gasteiger partial charge in [-0.05, 0) is 59.3 Å². The van der Waals surface area contributed by atoms with E-state index in [0.29, 0.717) is 25.7 Å². The summed E-state index contributed by atoms with van der Waals surface area (Å²) in [6.45, 7) is 12.3. The number of nitrogens with one attached hydrogen (secondary N) is 2. The second-order valence-electron chi connectivity index (χ2n) is 8.40. The van der Waals surface area contributed by atoms with Gasteiger partial charge in [-0.2, -0.15) is 0 Å². The average Bonchev–Trinajstić information content (AvgIpc) is 3.26. The fraction of sp³-hybridized carbons (Fsp3) is 0.708. The number of aryl methyl sites for hydroxylation is 1. The second-order valence-corrected chi connectivity index (χ2v) is 8.40. The first kappa shape index (κ1) is 25.4. The highest BCUT2D eigenvalue weighted by molar-refractivity contribution is 5.79. The summed E-state index contributed by atoms with van der Waals surface area (Å²) < 4.78 is 17.5. The van der Waals surface area contributed by atoms with Gasteiger partial charge in [0, 0.05) is 44.3 Å². The van der Waals surface area contributed by atoms with E-state index in [2.05, 4.69) is 61.7 Å². The minimum atomic E-state index is 0.156. The maximum atomic E-state index is 6.16. The summed E-state index contributed by atoms with van der Waals surface area (Å²) in [4.78, 5) is 6.99. The van der Waals surface area contributed by atoms with Gasteiger partial charge < -0.3 is 29.7 Å². The first-order valence-corrected chi connectivity index (χ1v) is 11.6. The summed E-state index contributed by atoms with van der Waals surface area (Å²) in [5.41, 5.74) is 2.28. The molecule has 2 atom stereocenters. The quantitative estimate of drug-likeness (QED) is 0.368. The van der Waals surface area contributed by atoms with Gasteiger partial charge in [-0.15, -0.1) is 0 Å². The zero-order chi connectivity index (χ0) is 22.5. The molecule has 0 spiro atoms. The molecule has 0 aromatic heterocycles. The SMILES string of the molecule is CCNC(=NCc1ccc(C)cc1OCC1CCOC1)NCC(CCN(C)C)OCC. The van der Waals surface area contributed by atoms with Crippen LogP contribution in [0.1, 0.15) is 37.8 Å². The van der Waals surface area contributed by atoms with E-state index in [4.69, 9.17) is 19.2 Å². The van der Waals surface area contributed by atoms with Crippen molar-refractivity contribution in [3.05, 3.63) is 29.3 Å². The molecule has 7 nitrogen and oxygen atoms in total. The smallest absolute Gasteiger partial charge is 0.191 e. The highest BCUT2D eigenvalue weighted by Gasteiger charge is 2.17. The van der Waals surface area contributed by atoms with Gasteiger partial charge in [0.2, 0.25) is 0 Å². The monoisotopic (exact) mass is 434 g/mol. The fourth-order valence-electron chi connectivity index (χ4n) is 3.45. The molecule has 2 unspecified atom stereocenters. The number of aliphatic imine (C=N–C) groups is 1. The largest absolute Gasteiger partial charge is 0.493 e. The predicted octanol–water partition coefficient (Wildman–Crippen LogP) is 2.82. The Bertz CT molecular complexity index is 660. The molecular formula is C24H42N4O3. The molecule has 2 rings (SSSR count). The fourth-order valence-corrected chi connectivity index (χ4v) is 3.45. The normalized spacial score (nSPS) is 17.7. The minimum absolute atomic E-state index is 0.156. The molecule has 1 aromatic carbocycles. The van der Waals surface area contributed by atoms with Crippen molar-refractivity contribution in [2.24, 2.45) is 10.9 Å². The predicted molar refractivity (Wildman–Crippen MR) is 127 cm³/mol. The van der Waals surface area contributed by atoms with E-state index in [0.717, 1.165) is 63.0 Å². The van der Waals surface area contributed by atoms with Crippen LogP contribution in [-0.4, -0.2) is 77.1 Å². The Kier molecular flexibility index (Phi) is 11.7. The highest BCUT2D eigenvalue weighted by Crippen LogP contribution is 2.23. The number of hydrogen-bond donors (Lipinski definition) is 2. The maximum Gasteiger partial charge on any atom is 0.191 e. The van der Waals surface area contributed by atoms with E-state index < -0.39 is 0 Å². The van der Waals surface area contributed by atoms with Crippen LogP contribution < -0.4 is 15.4 Å². The summed E-state index contributed by atoms with van der Waals surface area (Å²) >= 11 is 0. The van der Waals surface area contributed by atoms with Gasteiger partial charge in [0.1, 0.15) is 5.75 Å². The van der Waals surface area contributed by atoms with Crippen LogP contribution in [0, 0.1) is 12.8 Å².